The Balaban J connectivity index is 1.19. The van der Waals surface area contributed by atoms with Gasteiger partial charge < -0.3 is 30.1 Å². The number of rotatable bonds is 6. The van der Waals surface area contributed by atoms with Gasteiger partial charge in [-0.15, -0.1) is 0 Å². The SMILES string of the molecule is COc1ccnc(CN2CCN(C(=O)c3ccc4[nH]c(-c5nc6ccccc6[nH]c5=O)c(N)c4c3)CC2)c1OC. The molecule has 0 unspecified atom stereocenters. The largest absolute Gasteiger partial charge is 0.493 e. The van der Waals surface area contributed by atoms with E-state index >= 15 is 0 Å². The summed E-state index contributed by atoms with van der Waals surface area (Å²) < 4.78 is 10.9. The highest BCUT2D eigenvalue weighted by atomic mass is 16.5. The quantitative estimate of drug-likeness (QED) is 0.299. The van der Waals surface area contributed by atoms with Crippen LogP contribution in [0.1, 0.15) is 16.1 Å². The van der Waals surface area contributed by atoms with E-state index in [0.717, 1.165) is 11.2 Å². The number of fused-ring (bicyclic) bond motifs is 2. The molecule has 1 saturated heterocycles. The van der Waals surface area contributed by atoms with Crippen LogP contribution in [0.3, 0.4) is 0 Å². The maximum Gasteiger partial charge on any atom is 0.276 e. The number of aromatic amines is 2. The van der Waals surface area contributed by atoms with Crippen molar-refractivity contribution in [2.45, 2.75) is 6.54 Å². The number of carbonyl (C=O) groups is 1. The van der Waals surface area contributed by atoms with Crippen molar-refractivity contribution < 1.29 is 14.3 Å². The number of nitrogen functional groups attached to an aromatic ring is 1. The second kappa shape index (κ2) is 10.3. The van der Waals surface area contributed by atoms with Crippen molar-refractivity contribution >= 4 is 33.5 Å². The van der Waals surface area contributed by atoms with E-state index in [9.17, 15) is 9.59 Å². The van der Waals surface area contributed by atoms with Crippen molar-refractivity contribution in [2.24, 2.45) is 0 Å². The average Bonchev–Trinajstić information content (AvgIpc) is 3.31. The highest BCUT2D eigenvalue weighted by Crippen LogP contribution is 2.32. The highest BCUT2D eigenvalue weighted by molar-refractivity contribution is 6.04. The van der Waals surface area contributed by atoms with Gasteiger partial charge in [-0.05, 0) is 30.3 Å². The number of hydrogen-bond acceptors (Lipinski definition) is 8. The molecule has 4 heterocycles. The molecule has 4 N–H and O–H groups in total. The van der Waals surface area contributed by atoms with Crippen LogP contribution in [-0.4, -0.2) is 76.0 Å². The summed E-state index contributed by atoms with van der Waals surface area (Å²) in [5, 5.41) is 0.671. The minimum absolute atomic E-state index is 0.0672. The molecule has 1 aliphatic rings. The topological polar surface area (TPSA) is 142 Å². The van der Waals surface area contributed by atoms with Crippen molar-refractivity contribution in [3.05, 3.63) is 76.3 Å². The van der Waals surface area contributed by atoms with Crippen molar-refractivity contribution in [3.8, 4) is 22.9 Å². The number of ether oxygens (including phenoxy) is 2. The number of piperazine rings is 1. The molecule has 2 aromatic carbocycles. The van der Waals surface area contributed by atoms with Gasteiger partial charge in [0.2, 0.25) is 0 Å². The minimum atomic E-state index is -0.340. The zero-order chi connectivity index (χ0) is 27.8. The van der Waals surface area contributed by atoms with Gasteiger partial charge in [0.05, 0.1) is 36.6 Å². The van der Waals surface area contributed by atoms with Gasteiger partial charge in [0, 0.05) is 61.5 Å². The zero-order valence-electron chi connectivity index (χ0n) is 22.2. The monoisotopic (exact) mass is 539 g/mol. The number of carbonyl (C=O) groups excluding carboxylic acids is 1. The molecule has 40 heavy (non-hydrogen) atoms. The second-order valence-electron chi connectivity index (χ2n) is 9.67. The number of pyridine rings is 1. The molecule has 3 aromatic heterocycles. The molecular formula is C29H29N7O4. The van der Waals surface area contributed by atoms with E-state index in [-0.39, 0.29) is 17.2 Å². The third kappa shape index (κ3) is 4.50. The number of amides is 1. The summed E-state index contributed by atoms with van der Waals surface area (Å²) in [7, 11) is 3.21. The number of benzene rings is 2. The molecule has 5 aromatic rings. The standard InChI is InChI=1S/C29H29N7O4/c1-39-23-9-10-31-22(27(23)40-2)16-35-11-13-36(14-12-35)29(38)17-7-8-19-18(15-17)24(30)25(32-19)26-28(37)34-21-6-4-3-5-20(21)33-26/h3-10,15,32H,11-14,16,30H2,1-2H3,(H,34,37). The summed E-state index contributed by atoms with van der Waals surface area (Å²) in [6.45, 7) is 3.14. The fraction of sp³-hybridized carbons (Fsp3) is 0.241. The molecule has 0 bridgehead atoms. The van der Waals surface area contributed by atoms with Crippen LogP contribution in [0, 0.1) is 0 Å². The van der Waals surface area contributed by atoms with E-state index in [4.69, 9.17) is 15.2 Å². The molecular weight excluding hydrogens is 510 g/mol. The summed E-state index contributed by atoms with van der Waals surface area (Å²) in [6.07, 6.45) is 1.71. The number of methoxy groups -OCH3 is 2. The van der Waals surface area contributed by atoms with Gasteiger partial charge in [-0.25, -0.2) is 4.98 Å². The first-order chi connectivity index (χ1) is 19.5. The fourth-order valence-electron chi connectivity index (χ4n) is 5.20. The number of anilines is 1. The Bertz CT molecular complexity index is 1790. The first kappa shape index (κ1) is 25.4. The molecule has 1 aliphatic heterocycles. The predicted octanol–water partition coefficient (Wildman–Crippen LogP) is 3.02. The number of nitrogens with two attached hydrogens (primary N) is 1. The summed E-state index contributed by atoms with van der Waals surface area (Å²) in [6, 6.07) is 14.5. The maximum atomic E-state index is 13.4. The van der Waals surface area contributed by atoms with Crippen LogP contribution in [-0.2, 0) is 6.54 Å². The second-order valence-corrected chi connectivity index (χ2v) is 9.67. The van der Waals surface area contributed by atoms with Crippen LogP contribution >= 0.6 is 0 Å². The molecule has 0 radical (unpaired) electrons. The van der Waals surface area contributed by atoms with E-state index in [0.29, 0.717) is 77.6 Å². The Morgan fingerprint density at radius 3 is 2.58 bits per heavy atom. The van der Waals surface area contributed by atoms with Crippen LogP contribution in [0.15, 0.2) is 59.5 Å². The fourth-order valence-corrected chi connectivity index (χ4v) is 5.20. The Hall–Kier alpha value is -4.90. The smallest absolute Gasteiger partial charge is 0.276 e. The van der Waals surface area contributed by atoms with Crippen molar-refractivity contribution in [2.75, 3.05) is 46.1 Å². The Labute approximate surface area is 229 Å². The number of hydrogen-bond donors (Lipinski definition) is 3. The van der Waals surface area contributed by atoms with Gasteiger partial charge in [-0.2, -0.15) is 0 Å². The summed E-state index contributed by atoms with van der Waals surface area (Å²) in [5.74, 6) is 1.20. The minimum Gasteiger partial charge on any atom is -0.493 e. The third-order valence-corrected chi connectivity index (χ3v) is 7.32. The van der Waals surface area contributed by atoms with Gasteiger partial charge in [0.1, 0.15) is 5.69 Å². The van der Waals surface area contributed by atoms with Crippen LogP contribution in [0.4, 0.5) is 5.69 Å². The van der Waals surface area contributed by atoms with E-state index in [1.165, 1.54) is 0 Å². The van der Waals surface area contributed by atoms with E-state index in [2.05, 4.69) is 24.8 Å². The summed E-state index contributed by atoms with van der Waals surface area (Å²) in [5.41, 5.74) is 10.5. The van der Waals surface area contributed by atoms with Crippen molar-refractivity contribution in [1.29, 1.82) is 0 Å². The Morgan fingerprint density at radius 1 is 1.00 bits per heavy atom. The lowest BCUT2D eigenvalue weighted by molar-refractivity contribution is 0.0626. The number of aromatic nitrogens is 4. The van der Waals surface area contributed by atoms with E-state index in [1.807, 2.05) is 29.2 Å². The number of H-pyrrole nitrogens is 2. The average molecular weight is 540 g/mol. The number of nitrogens with one attached hydrogen (secondary N) is 2. The lowest BCUT2D eigenvalue weighted by Crippen LogP contribution is -2.48. The molecule has 11 nitrogen and oxygen atoms in total. The summed E-state index contributed by atoms with van der Waals surface area (Å²) >= 11 is 0. The molecule has 0 atom stereocenters. The predicted molar refractivity (Wildman–Crippen MR) is 153 cm³/mol. The Morgan fingerprint density at radius 2 is 1.80 bits per heavy atom. The molecule has 0 saturated carbocycles. The Kier molecular flexibility index (Phi) is 6.56. The lowest BCUT2D eigenvalue weighted by Gasteiger charge is -2.34. The van der Waals surface area contributed by atoms with Gasteiger partial charge in [0.25, 0.3) is 11.5 Å². The van der Waals surface area contributed by atoms with Gasteiger partial charge >= 0.3 is 0 Å². The lowest BCUT2D eigenvalue weighted by atomic mass is 10.1. The van der Waals surface area contributed by atoms with Crippen LogP contribution < -0.4 is 20.8 Å². The van der Waals surface area contributed by atoms with Crippen LogP contribution in [0.5, 0.6) is 11.5 Å². The number of nitrogens with zero attached hydrogens (tertiary/aromatic N) is 4. The van der Waals surface area contributed by atoms with Gasteiger partial charge in [-0.1, -0.05) is 12.1 Å². The van der Waals surface area contributed by atoms with Gasteiger partial charge in [-0.3, -0.25) is 19.5 Å². The van der Waals surface area contributed by atoms with E-state index in [1.54, 1.807) is 44.7 Å². The molecule has 0 spiro atoms. The highest BCUT2D eigenvalue weighted by Gasteiger charge is 2.25. The van der Waals surface area contributed by atoms with Crippen LogP contribution in [0.2, 0.25) is 0 Å². The third-order valence-electron chi connectivity index (χ3n) is 7.32. The van der Waals surface area contributed by atoms with Crippen molar-refractivity contribution in [3.63, 3.8) is 0 Å². The van der Waals surface area contributed by atoms with Gasteiger partial charge in [0.15, 0.2) is 17.2 Å². The molecule has 1 fully saturated rings. The van der Waals surface area contributed by atoms with Crippen molar-refractivity contribution in [1.82, 2.24) is 29.7 Å². The molecule has 6 rings (SSSR count). The first-order valence-corrected chi connectivity index (χ1v) is 12.9. The molecule has 0 aliphatic carbocycles. The normalized spacial score (nSPS) is 14.1. The number of para-hydroxylation sites is 2. The zero-order valence-corrected chi connectivity index (χ0v) is 22.2. The van der Waals surface area contributed by atoms with E-state index < -0.39 is 0 Å². The van der Waals surface area contributed by atoms with Crippen LogP contribution in [0.25, 0.3) is 33.3 Å². The summed E-state index contributed by atoms with van der Waals surface area (Å²) in [4.78, 5) is 45.4. The molecule has 11 heteroatoms. The molecule has 1 amide bonds. The first-order valence-electron chi connectivity index (χ1n) is 12.9. The molecule has 204 valence electrons. The maximum absolute atomic E-state index is 13.4.